The molecule has 2 aliphatic rings. The average molecular weight is 269 g/mol. The van der Waals surface area contributed by atoms with Crippen LogP contribution < -0.4 is 5.32 Å². The van der Waals surface area contributed by atoms with Crippen molar-refractivity contribution >= 4 is 18.5 Å². The molecule has 2 atom stereocenters. The molecule has 2 aliphatic heterocycles. The number of benzene rings is 1. The maximum absolute atomic E-state index is 11.9. The molecule has 98 valence electrons. The Balaban J connectivity index is 0.00000120. The van der Waals surface area contributed by atoms with Crippen molar-refractivity contribution in [1.29, 1.82) is 0 Å². The average Bonchev–Trinajstić information content (AvgIpc) is 2.99. The molecule has 0 unspecified atom stereocenters. The van der Waals surface area contributed by atoms with Crippen LogP contribution in [0.4, 0.5) is 4.79 Å². The smallest absolute Gasteiger partial charge is 0.410 e. The summed E-state index contributed by atoms with van der Waals surface area (Å²) in [6.45, 7) is 2.06. The van der Waals surface area contributed by atoms with Crippen molar-refractivity contribution in [1.82, 2.24) is 10.2 Å². The lowest BCUT2D eigenvalue weighted by molar-refractivity contribution is 0.0879. The summed E-state index contributed by atoms with van der Waals surface area (Å²) in [6.07, 6.45) is 0.892. The summed E-state index contributed by atoms with van der Waals surface area (Å²) < 4.78 is 5.32. The Bertz CT molecular complexity index is 413. The maximum Gasteiger partial charge on any atom is 0.410 e. The molecule has 1 N–H and O–H groups in total. The third-order valence-corrected chi connectivity index (χ3v) is 3.50. The van der Waals surface area contributed by atoms with Gasteiger partial charge in [-0.3, -0.25) is 0 Å². The van der Waals surface area contributed by atoms with Crippen LogP contribution in [0.1, 0.15) is 12.0 Å². The lowest BCUT2D eigenvalue weighted by Gasteiger charge is -2.26. The van der Waals surface area contributed by atoms with Crippen molar-refractivity contribution in [3.63, 3.8) is 0 Å². The summed E-state index contributed by atoms with van der Waals surface area (Å²) >= 11 is 0. The first-order valence-corrected chi connectivity index (χ1v) is 6.03. The van der Waals surface area contributed by atoms with E-state index in [4.69, 9.17) is 4.74 Å². The van der Waals surface area contributed by atoms with Crippen LogP contribution in [0.5, 0.6) is 0 Å². The van der Waals surface area contributed by atoms with Gasteiger partial charge < -0.3 is 15.0 Å². The molecule has 5 heteroatoms. The van der Waals surface area contributed by atoms with Gasteiger partial charge in [-0.2, -0.15) is 0 Å². The van der Waals surface area contributed by atoms with E-state index >= 15 is 0 Å². The number of hydrogen-bond donors (Lipinski definition) is 1. The molecular formula is C13H17ClN2O2. The van der Waals surface area contributed by atoms with Crippen molar-refractivity contribution in [3.8, 4) is 0 Å². The first kappa shape index (κ1) is 13.2. The number of nitrogens with zero attached hydrogens (tertiary/aromatic N) is 1. The number of amides is 1. The van der Waals surface area contributed by atoms with Crippen LogP contribution in [-0.4, -0.2) is 36.2 Å². The van der Waals surface area contributed by atoms with Gasteiger partial charge in [-0.25, -0.2) is 4.79 Å². The zero-order valence-corrected chi connectivity index (χ0v) is 10.9. The molecule has 1 aromatic carbocycles. The van der Waals surface area contributed by atoms with E-state index in [1.165, 1.54) is 0 Å². The largest absolute Gasteiger partial charge is 0.445 e. The molecule has 2 fully saturated rings. The lowest BCUT2D eigenvalue weighted by Crippen LogP contribution is -2.46. The van der Waals surface area contributed by atoms with Gasteiger partial charge >= 0.3 is 6.09 Å². The van der Waals surface area contributed by atoms with E-state index < -0.39 is 0 Å². The molecule has 0 aromatic heterocycles. The maximum atomic E-state index is 11.9. The molecule has 2 saturated heterocycles. The quantitative estimate of drug-likeness (QED) is 0.889. The molecule has 0 aliphatic carbocycles. The van der Waals surface area contributed by atoms with Crippen LogP contribution in [0, 0.1) is 0 Å². The molecule has 2 heterocycles. The third-order valence-electron chi connectivity index (χ3n) is 3.50. The minimum atomic E-state index is -0.178. The zero-order chi connectivity index (χ0) is 11.7. The summed E-state index contributed by atoms with van der Waals surface area (Å²) in [6, 6.07) is 10.6. The Hall–Kier alpha value is -1.26. The van der Waals surface area contributed by atoms with Gasteiger partial charge in [0.15, 0.2) is 0 Å². The highest BCUT2D eigenvalue weighted by Gasteiger charge is 2.40. The lowest BCUT2D eigenvalue weighted by atomic mass is 10.2. The van der Waals surface area contributed by atoms with Crippen molar-refractivity contribution < 1.29 is 9.53 Å². The summed E-state index contributed by atoms with van der Waals surface area (Å²) in [7, 11) is 0. The molecule has 2 bridgehead atoms. The number of fused-ring (bicyclic) bond motifs is 2. The fourth-order valence-electron chi connectivity index (χ4n) is 2.59. The molecule has 0 radical (unpaired) electrons. The van der Waals surface area contributed by atoms with Crippen molar-refractivity contribution in [2.24, 2.45) is 0 Å². The van der Waals surface area contributed by atoms with Crippen LogP contribution in [0.15, 0.2) is 30.3 Å². The van der Waals surface area contributed by atoms with Crippen LogP contribution in [0.25, 0.3) is 0 Å². The molecular weight excluding hydrogens is 252 g/mol. The van der Waals surface area contributed by atoms with Crippen molar-refractivity contribution in [3.05, 3.63) is 35.9 Å². The van der Waals surface area contributed by atoms with Gasteiger partial charge in [-0.1, -0.05) is 30.3 Å². The van der Waals surface area contributed by atoms with E-state index in [2.05, 4.69) is 5.32 Å². The topological polar surface area (TPSA) is 41.6 Å². The first-order valence-electron chi connectivity index (χ1n) is 6.03. The fourth-order valence-corrected chi connectivity index (χ4v) is 2.59. The Kier molecular flexibility index (Phi) is 4.09. The van der Waals surface area contributed by atoms with Crippen LogP contribution in [0.3, 0.4) is 0 Å². The SMILES string of the molecule is Cl.O=C(OCc1ccccc1)N1C[C@@H]2C[C@H]1CN2. The van der Waals surface area contributed by atoms with E-state index in [1.807, 2.05) is 35.2 Å². The van der Waals surface area contributed by atoms with Gasteiger partial charge in [-0.15, -0.1) is 12.4 Å². The standard InChI is InChI=1S/C13H16N2O2.ClH/c16-13(15-8-11-6-12(15)7-14-11)17-9-10-4-2-1-3-5-10;/h1-5,11-12,14H,6-9H2;1H/t11-,12-;/m0./s1. The second-order valence-electron chi connectivity index (χ2n) is 4.69. The normalized spacial score (nSPS) is 24.8. The summed E-state index contributed by atoms with van der Waals surface area (Å²) in [4.78, 5) is 13.7. The highest BCUT2D eigenvalue weighted by Crippen LogP contribution is 2.23. The van der Waals surface area contributed by atoms with Crippen LogP contribution >= 0.6 is 12.4 Å². The molecule has 18 heavy (non-hydrogen) atoms. The number of likely N-dealkylation sites (tertiary alicyclic amines) is 1. The second kappa shape index (κ2) is 5.59. The van der Waals surface area contributed by atoms with E-state index in [1.54, 1.807) is 0 Å². The van der Waals surface area contributed by atoms with Gasteiger partial charge in [0.2, 0.25) is 0 Å². The predicted molar refractivity (Wildman–Crippen MR) is 70.8 cm³/mol. The number of carbonyl (C=O) groups excluding carboxylic acids is 1. The highest BCUT2D eigenvalue weighted by atomic mass is 35.5. The molecule has 0 spiro atoms. The van der Waals surface area contributed by atoms with E-state index in [-0.39, 0.29) is 18.5 Å². The Morgan fingerprint density at radius 2 is 2.17 bits per heavy atom. The van der Waals surface area contributed by atoms with Crippen LogP contribution in [-0.2, 0) is 11.3 Å². The second-order valence-corrected chi connectivity index (χ2v) is 4.69. The molecule has 4 nitrogen and oxygen atoms in total. The monoisotopic (exact) mass is 268 g/mol. The number of nitrogens with one attached hydrogen (secondary N) is 1. The Morgan fingerprint density at radius 3 is 2.78 bits per heavy atom. The summed E-state index contributed by atoms with van der Waals surface area (Å²) in [5.41, 5.74) is 1.03. The fraction of sp³-hybridized carbons (Fsp3) is 0.462. The molecule has 1 aromatic rings. The van der Waals surface area contributed by atoms with Crippen molar-refractivity contribution in [2.45, 2.75) is 25.1 Å². The number of carbonyl (C=O) groups is 1. The van der Waals surface area contributed by atoms with E-state index in [0.717, 1.165) is 25.1 Å². The number of halogens is 1. The van der Waals surface area contributed by atoms with Gasteiger partial charge in [-0.05, 0) is 12.0 Å². The molecule has 3 rings (SSSR count). The minimum Gasteiger partial charge on any atom is -0.445 e. The number of hydrogen-bond acceptors (Lipinski definition) is 3. The predicted octanol–water partition coefficient (Wildman–Crippen LogP) is 1.79. The molecule has 0 saturated carbocycles. The highest BCUT2D eigenvalue weighted by molar-refractivity contribution is 5.85. The Labute approximate surface area is 113 Å². The minimum absolute atomic E-state index is 0. The van der Waals surface area contributed by atoms with Gasteiger partial charge in [0.25, 0.3) is 0 Å². The molecule has 1 amide bonds. The van der Waals surface area contributed by atoms with Gasteiger partial charge in [0, 0.05) is 25.2 Å². The van der Waals surface area contributed by atoms with E-state index in [0.29, 0.717) is 18.7 Å². The zero-order valence-electron chi connectivity index (χ0n) is 10.0. The summed E-state index contributed by atoms with van der Waals surface area (Å²) in [5.74, 6) is 0. The van der Waals surface area contributed by atoms with E-state index in [9.17, 15) is 4.79 Å². The summed E-state index contributed by atoms with van der Waals surface area (Å²) in [5, 5.41) is 3.37. The number of rotatable bonds is 2. The van der Waals surface area contributed by atoms with Gasteiger partial charge in [0.05, 0.1) is 0 Å². The first-order chi connectivity index (χ1) is 8.33. The van der Waals surface area contributed by atoms with Crippen LogP contribution in [0.2, 0.25) is 0 Å². The number of ether oxygens (including phenoxy) is 1. The third kappa shape index (κ3) is 2.60. The van der Waals surface area contributed by atoms with Gasteiger partial charge in [0.1, 0.15) is 6.61 Å². The Morgan fingerprint density at radius 1 is 1.39 bits per heavy atom. The van der Waals surface area contributed by atoms with Crippen molar-refractivity contribution in [2.75, 3.05) is 13.1 Å². The number of piperazine rings is 1.